The summed E-state index contributed by atoms with van der Waals surface area (Å²) >= 11 is 0. The van der Waals surface area contributed by atoms with E-state index >= 15 is 0 Å². The van der Waals surface area contributed by atoms with Crippen LogP contribution >= 0.6 is 0 Å². The van der Waals surface area contributed by atoms with Crippen molar-refractivity contribution in [1.82, 2.24) is 4.90 Å². The van der Waals surface area contributed by atoms with Gasteiger partial charge in [-0.1, -0.05) is 0 Å². The van der Waals surface area contributed by atoms with E-state index < -0.39 is 30.5 Å². The predicted octanol–water partition coefficient (Wildman–Crippen LogP) is 2.11. The molecule has 5 heteroatoms. The van der Waals surface area contributed by atoms with Crippen molar-refractivity contribution >= 4 is 6.09 Å². The van der Waals surface area contributed by atoms with E-state index in [1.165, 1.54) is 4.90 Å². The number of piperidine rings is 1. The number of rotatable bonds is 2. The number of carbonyl (C=O) groups excluding carboxylic acids is 1. The highest BCUT2D eigenvalue weighted by Gasteiger charge is 2.34. The van der Waals surface area contributed by atoms with E-state index in [-0.39, 0.29) is 0 Å². The normalized spacial score (nSPS) is 23.4. The highest BCUT2D eigenvalue weighted by Crippen LogP contribution is 2.22. The number of nitrogens with zero attached hydrogens (tertiary/aromatic N) is 1. The number of hydrogen-bond donors (Lipinski definition) is 1. The van der Waals surface area contributed by atoms with Gasteiger partial charge in [-0.15, -0.1) is 0 Å². The summed E-state index contributed by atoms with van der Waals surface area (Å²) in [6.45, 7) is 5.06. The van der Waals surface area contributed by atoms with Gasteiger partial charge in [0.25, 0.3) is 0 Å². The molecule has 1 aliphatic heterocycles. The number of aliphatic hydroxyl groups excluding tert-OH is 1. The van der Waals surface area contributed by atoms with Crippen molar-refractivity contribution < 1.29 is 19.0 Å². The van der Waals surface area contributed by atoms with Gasteiger partial charge in [0, 0.05) is 6.54 Å². The summed E-state index contributed by atoms with van der Waals surface area (Å²) in [5.74, 6) is 0. The molecule has 1 saturated heterocycles. The lowest BCUT2D eigenvalue weighted by atomic mass is 9.98. The number of amides is 1. The Morgan fingerprint density at radius 1 is 1.53 bits per heavy atom. The van der Waals surface area contributed by atoms with Gasteiger partial charge in [0.1, 0.15) is 18.4 Å². The number of hydrogen-bond acceptors (Lipinski definition) is 3. The van der Waals surface area contributed by atoms with E-state index in [1.807, 2.05) is 0 Å². The standard InChI is InChI=1S/C12H22FNO3/c1-12(2,3)17-11(16)14-7-5-4-6-9(14)10(15)8-13/h9-10,15H,4-8H2,1-3H3. The van der Waals surface area contributed by atoms with Gasteiger partial charge in [0.15, 0.2) is 0 Å². The molecular weight excluding hydrogens is 225 g/mol. The summed E-state index contributed by atoms with van der Waals surface area (Å²) in [6, 6.07) is -0.455. The number of alkyl halides is 1. The lowest BCUT2D eigenvalue weighted by molar-refractivity contribution is -0.0210. The molecule has 0 saturated carbocycles. The monoisotopic (exact) mass is 247 g/mol. The Bertz CT molecular complexity index is 265. The molecule has 1 aliphatic rings. The fourth-order valence-electron chi connectivity index (χ4n) is 2.01. The largest absolute Gasteiger partial charge is 0.444 e. The summed E-state index contributed by atoms with van der Waals surface area (Å²) in [5, 5.41) is 9.58. The minimum absolute atomic E-state index is 0.455. The van der Waals surface area contributed by atoms with Crippen molar-refractivity contribution in [2.75, 3.05) is 13.2 Å². The average molecular weight is 247 g/mol. The van der Waals surface area contributed by atoms with Crippen LogP contribution in [-0.4, -0.2) is 47.1 Å². The Morgan fingerprint density at radius 2 is 2.18 bits per heavy atom. The summed E-state index contributed by atoms with van der Waals surface area (Å²) in [4.78, 5) is 13.4. The molecular formula is C12H22FNO3. The van der Waals surface area contributed by atoms with Gasteiger partial charge < -0.3 is 14.7 Å². The maximum atomic E-state index is 12.5. The first-order chi connectivity index (χ1) is 7.85. The van der Waals surface area contributed by atoms with E-state index in [1.54, 1.807) is 20.8 Å². The zero-order chi connectivity index (χ0) is 13.1. The minimum Gasteiger partial charge on any atom is -0.444 e. The number of likely N-dealkylation sites (tertiary alicyclic amines) is 1. The third-order valence-corrected chi connectivity index (χ3v) is 2.78. The second-order valence-electron chi connectivity index (χ2n) is 5.46. The van der Waals surface area contributed by atoms with E-state index in [0.717, 1.165) is 12.8 Å². The van der Waals surface area contributed by atoms with Crippen LogP contribution in [0.1, 0.15) is 40.0 Å². The first kappa shape index (κ1) is 14.2. The quantitative estimate of drug-likeness (QED) is 0.813. The van der Waals surface area contributed by atoms with Gasteiger partial charge in [0.2, 0.25) is 0 Å². The van der Waals surface area contributed by atoms with E-state index in [2.05, 4.69) is 0 Å². The SMILES string of the molecule is CC(C)(C)OC(=O)N1CCCCC1C(O)CF. The molecule has 2 atom stereocenters. The summed E-state index contributed by atoms with van der Waals surface area (Å²) in [7, 11) is 0. The van der Waals surface area contributed by atoms with Crippen molar-refractivity contribution in [2.24, 2.45) is 0 Å². The smallest absolute Gasteiger partial charge is 0.410 e. The molecule has 1 amide bonds. The number of carbonyl (C=O) groups is 1. The molecule has 1 fully saturated rings. The number of ether oxygens (including phenoxy) is 1. The zero-order valence-electron chi connectivity index (χ0n) is 10.8. The lowest BCUT2D eigenvalue weighted by Gasteiger charge is -2.38. The second-order valence-corrected chi connectivity index (χ2v) is 5.46. The number of aliphatic hydroxyl groups is 1. The van der Waals surface area contributed by atoms with Crippen LogP contribution in [0.15, 0.2) is 0 Å². The van der Waals surface area contributed by atoms with Crippen LogP contribution in [0, 0.1) is 0 Å². The fraction of sp³-hybridized carbons (Fsp3) is 0.917. The van der Waals surface area contributed by atoms with Gasteiger partial charge in [-0.05, 0) is 40.0 Å². The van der Waals surface area contributed by atoms with Crippen LogP contribution in [0.3, 0.4) is 0 Å². The molecule has 0 aliphatic carbocycles. The Kier molecular flexibility index (Phi) is 4.74. The third-order valence-electron chi connectivity index (χ3n) is 2.78. The van der Waals surface area contributed by atoms with Gasteiger partial charge in [-0.25, -0.2) is 9.18 Å². The second kappa shape index (κ2) is 5.67. The lowest BCUT2D eigenvalue weighted by Crippen LogP contribution is -2.51. The molecule has 0 bridgehead atoms. The van der Waals surface area contributed by atoms with E-state index in [9.17, 15) is 14.3 Å². The van der Waals surface area contributed by atoms with Gasteiger partial charge in [0.05, 0.1) is 6.04 Å². The molecule has 0 spiro atoms. The molecule has 0 aromatic rings. The van der Waals surface area contributed by atoms with Crippen LogP contribution in [0.25, 0.3) is 0 Å². The maximum Gasteiger partial charge on any atom is 0.410 e. The highest BCUT2D eigenvalue weighted by atomic mass is 19.1. The van der Waals surface area contributed by atoms with Crippen molar-refractivity contribution in [3.05, 3.63) is 0 Å². The van der Waals surface area contributed by atoms with Crippen LogP contribution in [0.5, 0.6) is 0 Å². The molecule has 0 aromatic carbocycles. The molecule has 2 unspecified atom stereocenters. The van der Waals surface area contributed by atoms with Crippen LogP contribution in [-0.2, 0) is 4.74 Å². The summed E-state index contributed by atoms with van der Waals surface area (Å²) in [5.41, 5.74) is -0.570. The number of halogens is 1. The van der Waals surface area contributed by atoms with Crippen molar-refractivity contribution in [3.8, 4) is 0 Å². The molecule has 17 heavy (non-hydrogen) atoms. The topological polar surface area (TPSA) is 49.8 Å². The Hall–Kier alpha value is -0.840. The van der Waals surface area contributed by atoms with Gasteiger partial charge in [-0.3, -0.25) is 0 Å². The van der Waals surface area contributed by atoms with E-state index in [4.69, 9.17) is 4.74 Å². The first-order valence-corrected chi connectivity index (χ1v) is 6.09. The Balaban J connectivity index is 2.67. The van der Waals surface area contributed by atoms with Crippen molar-refractivity contribution in [3.63, 3.8) is 0 Å². The van der Waals surface area contributed by atoms with Crippen molar-refractivity contribution in [1.29, 1.82) is 0 Å². The minimum atomic E-state index is -1.11. The predicted molar refractivity (Wildman–Crippen MR) is 62.6 cm³/mol. The summed E-state index contributed by atoms with van der Waals surface area (Å²) in [6.07, 6.45) is 0.831. The molecule has 0 radical (unpaired) electrons. The van der Waals surface area contributed by atoms with Crippen LogP contribution in [0.2, 0.25) is 0 Å². The maximum absolute atomic E-state index is 12.5. The summed E-state index contributed by atoms with van der Waals surface area (Å²) < 4.78 is 17.8. The third kappa shape index (κ3) is 4.15. The Morgan fingerprint density at radius 3 is 2.71 bits per heavy atom. The highest BCUT2D eigenvalue weighted by molar-refractivity contribution is 5.68. The average Bonchev–Trinajstić information content (AvgIpc) is 2.25. The molecule has 0 aromatic heterocycles. The van der Waals surface area contributed by atoms with Gasteiger partial charge >= 0.3 is 6.09 Å². The van der Waals surface area contributed by atoms with Gasteiger partial charge in [-0.2, -0.15) is 0 Å². The zero-order valence-corrected chi connectivity index (χ0v) is 10.8. The Labute approximate surface area is 102 Å². The van der Waals surface area contributed by atoms with E-state index in [0.29, 0.717) is 13.0 Å². The molecule has 100 valence electrons. The first-order valence-electron chi connectivity index (χ1n) is 6.09. The molecule has 1 N–H and O–H groups in total. The molecule has 4 nitrogen and oxygen atoms in total. The molecule has 1 rings (SSSR count). The van der Waals surface area contributed by atoms with Crippen molar-refractivity contribution in [2.45, 2.75) is 57.8 Å². The van der Waals surface area contributed by atoms with Crippen LogP contribution < -0.4 is 0 Å². The fourth-order valence-corrected chi connectivity index (χ4v) is 2.01. The van der Waals surface area contributed by atoms with Crippen LogP contribution in [0.4, 0.5) is 9.18 Å². The molecule has 1 heterocycles.